The summed E-state index contributed by atoms with van der Waals surface area (Å²) in [5.74, 6) is 0.434. The fourth-order valence-corrected chi connectivity index (χ4v) is 2.07. The Bertz CT molecular complexity index is 755. The smallest absolute Gasteiger partial charge is 0.387 e. The molecule has 3 rings (SSSR count). The van der Waals surface area contributed by atoms with Gasteiger partial charge in [-0.1, -0.05) is 18.2 Å². The number of alkyl halides is 2. The lowest BCUT2D eigenvalue weighted by Crippen LogP contribution is -2.03. The molecular weight excluding hydrogens is 264 g/mol. The van der Waals surface area contributed by atoms with Gasteiger partial charge in [0.25, 0.3) is 0 Å². The van der Waals surface area contributed by atoms with Crippen LogP contribution in [0, 0.1) is 0 Å². The molecule has 0 fully saturated rings. The standard InChI is InChI=1S/C14H11F2N3O/c15-14(16)20-10-6-2-1-5-9(10)12-13(17)19-8-4-3-7-11(19)18-12/h1-8,14H,17H2. The Kier molecular flexibility index (Phi) is 2.98. The molecule has 0 saturated carbocycles. The predicted octanol–water partition coefficient (Wildman–Crippen LogP) is 3.18. The number of para-hydroxylation sites is 1. The summed E-state index contributed by atoms with van der Waals surface area (Å²) >= 11 is 0. The molecule has 0 atom stereocenters. The highest BCUT2D eigenvalue weighted by atomic mass is 19.3. The predicted molar refractivity (Wildman–Crippen MR) is 71.7 cm³/mol. The molecule has 6 heteroatoms. The van der Waals surface area contributed by atoms with E-state index in [2.05, 4.69) is 9.72 Å². The van der Waals surface area contributed by atoms with Crippen LogP contribution in [-0.2, 0) is 0 Å². The second-order valence-corrected chi connectivity index (χ2v) is 4.15. The van der Waals surface area contributed by atoms with Crippen molar-refractivity contribution in [1.29, 1.82) is 0 Å². The summed E-state index contributed by atoms with van der Waals surface area (Å²) in [6.07, 6.45) is 1.76. The molecule has 0 spiro atoms. The van der Waals surface area contributed by atoms with Crippen LogP contribution in [0.5, 0.6) is 5.75 Å². The Morgan fingerprint density at radius 3 is 2.60 bits per heavy atom. The van der Waals surface area contributed by atoms with Gasteiger partial charge in [-0.2, -0.15) is 8.78 Å². The molecule has 4 nitrogen and oxygen atoms in total. The second kappa shape index (κ2) is 4.80. The first-order valence-electron chi connectivity index (χ1n) is 5.93. The Balaban J connectivity index is 2.18. The topological polar surface area (TPSA) is 52.5 Å². The Labute approximate surface area is 113 Å². The quantitative estimate of drug-likeness (QED) is 0.798. The number of nitrogens with two attached hydrogens (primary N) is 1. The van der Waals surface area contributed by atoms with Gasteiger partial charge in [0.15, 0.2) is 0 Å². The Morgan fingerprint density at radius 2 is 1.85 bits per heavy atom. The van der Waals surface area contributed by atoms with E-state index in [1.807, 2.05) is 12.1 Å². The van der Waals surface area contributed by atoms with E-state index in [4.69, 9.17) is 5.73 Å². The molecule has 0 saturated heterocycles. The molecule has 2 aromatic heterocycles. The minimum Gasteiger partial charge on any atom is -0.434 e. The van der Waals surface area contributed by atoms with Crippen molar-refractivity contribution < 1.29 is 13.5 Å². The third-order valence-electron chi connectivity index (χ3n) is 2.93. The largest absolute Gasteiger partial charge is 0.434 e. The second-order valence-electron chi connectivity index (χ2n) is 4.15. The van der Waals surface area contributed by atoms with Crippen molar-refractivity contribution in [2.45, 2.75) is 6.61 Å². The third kappa shape index (κ3) is 2.05. The summed E-state index contributed by atoms with van der Waals surface area (Å²) in [4.78, 5) is 4.36. The molecule has 3 aromatic rings. The normalized spacial score (nSPS) is 11.2. The van der Waals surface area contributed by atoms with E-state index in [0.29, 0.717) is 22.7 Å². The Hall–Kier alpha value is -2.63. The number of hydrogen-bond acceptors (Lipinski definition) is 3. The third-order valence-corrected chi connectivity index (χ3v) is 2.93. The van der Waals surface area contributed by atoms with Gasteiger partial charge < -0.3 is 10.5 Å². The molecule has 0 unspecified atom stereocenters. The van der Waals surface area contributed by atoms with E-state index in [1.165, 1.54) is 6.07 Å². The fraction of sp³-hybridized carbons (Fsp3) is 0.0714. The lowest BCUT2D eigenvalue weighted by molar-refractivity contribution is -0.0494. The number of imidazole rings is 1. The first-order valence-corrected chi connectivity index (χ1v) is 5.93. The van der Waals surface area contributed by atoms with E-state index in [1.54, 1.807) is 34.9 Å². The number of ether oxygens (including phenoxy) is 1. The number of nitrogen functional groups attached to an aromatic ring is 1. The van der Waals surface area contributed by atoms with Gasteiger partial charge in [-0.05, 0) is 24.3 Å². The van der Waals surface area contributed by atoms with E-state index in [9.17, 15) is 8.78 Å². The molecular formula is C14H11F2N3O. The maximum atomic E-state index is 12.4. The molecule has 0 aliphatic rings. The van der Waals surface area contributed by atoms with Crippen molar-refractivity contribution in [1.82, 2.24) is 9.38 Å². The summed E-state index contributed by atoms with van der Waals surface area (Å²) in [6.45, 7) is -2.89. The SMILES string of the molecule is Nc1c(-c2ccccc2OC(F)F)nc2ccccn12. The van der Waals surface area contributed by atoms with Crippen molar-refractivity contribution in [3.63, 3.8) is 0 Å². The van der Waals surface area contributed by atoms with Crippen molar-refractivity contribution >= 4 is 11.5 Å². The van der Waals surface area contributed by atoms with Crippen LogP contribution in [0.2, 0.25) is 0 Å². The first kappa shape index (κ1) is 12.4. The first-order chi connectivity index (χ1) is 9.66. The molecule has 0 aliphatic heterocycles. The van der Waals surface area contributed by atoms with Crippen molar-refractivity contribution in [2.24, 2.45) is 0 Å². The lowest BCUT2D eigenvalue weighted by Gasteiger charge is -2.09. The van der Waals surface area contributed by atoms with Gasteiger partial charge >= 0.3 is 6.61 Å². The number of halogens is 2. The molecule has 102 valence electrons. The highest BCUT2D eigenvalue weighted by Gasteiger charge is 2.16. The highest BCUT2D eigenvalue weighted by molar-refractivity contribution is 5.78. The number of benzene rings is 1. The summed E-state index contributed by atoms with van der Waals surface area (Å²) < 4.78 is 31.1. The van der Waals surface area contributed by atoms with Crippen molar-refractivity contribution in [2.75, 3.05) is 5.73 Å². The molecule has 0 radical (unpaired) electrons. The number of nitrogens with zero attached hydrogens (tertiary/aromatic N) is 2. The summed E-state index contributed by atoms with van der Waals surface area (Å²) in [6, 6.07) is 11.9. The van der Waals surface area contributed by atoms with Gasteiger partial charge in [-0.3, -0.25) is 4.40 Å². The molecule has 0 amide bonds. The summed E-state index contributed by atoms with van der Waals surface area (Å²) in [5, 5.41) is 0. The van der Waals surface area contributed by atoms with E-state index in [-0.39, 0.29) is 5.75 Å². The maximum Gasteiger partial charge on any atom is 0.387 e. The van der Waals surface area contributed by atoms with E-state index >= 15 is 0 Å². The van der Waals surface area contributed by atoms with Crippen molar-refractivity contribution in [3.05, 3.63) is 48.7 Å². The van der Waals surface area contributed by atoms with Crippen LogP contribution in [0.15, 0.2) is 48.7 Å². The number of aromatic nitrogens is 2. The monoisotopic (exact) mass is 275 g/mol. The average Bonchev–Trinajstić information content (AvgIpc) is 2.77. The number of fused-ring (bicyclic) bond motifs is 1. The maximum absolute atomic E-state index is 12.4. The summed E-state index contributed by atoms with van der Waals surface area (Å²) in [7, 11) is 0. The van der Waals surface area contributed by atoms with E-state index < -0.39 is 6.61 Å². The fourth-order valence-electron chi connectivity index (χ4n) is 2.07. The van der Waals surface area contributed by atoms with Crippen LogP contribution in [0.4, 0.5) is 14.6 Å². The van der Waals surface area contributed by atoms with Crippen molar-refractivity contribution in [3.8, 4) is 17.0 Å². The number of hydrogen-bond donors (Lipinski definition) is 1. The molecule has 1 aromatic carbocycles. The molecule has 0 aliphatic carbocycles. The average molecular weight is 275 g/mol. The minimum atomic E-state index is -2.89. The van der Waals surface area contributed by atoms with Gasteiger partial charge in [0.1, 0.15) is 22.9 Å². The van der Waals surface area contributed by atoms with Gasteiger partial charge in [-0.25, -0.2) is 4.98 Å². The van der Waals surface area contributed by atoms with Crippen LogP contribution < -0.4 is 10.5 Å². The zero-order valence-corrected chi connectivity index (χ0v) is 10.3. The number of anilines is 1. The zero-order valence-electron chi connectivity index (χ0n) is 10.3. The van der Waals surface area contributed by atoms with Crippen LogP contribution in [0.25, 0.3) is 16.9 Å². The minimum absolute atomic E-state index is 0.0533. The van der Waals surface area contributed by atoms with Gasteiger partial charge in [0.2, 0.25) is 0 Å². The summed E-state index contributed by atoms with van der Waals surface area (Å²) in [5.41, 5.74) is 7.54. The van der Waals surface area contributed by atoms with E-state index in [0.717, 1.165) is 0 Å². The van der Waals surface area contributed by atoms with Crippen LogP contribution in [0.1, 0.15) is 0 Å². The van der Waals surface area contributed by atoms with Gasteiger partial charge in [0, 0.05) is 11.8 Å². The van der Waals surface area contributed by atoms with Crippen LogP contribution in [-0.4, -0.2) is 16.0 Å². The van der Waals surface area contributed by atoms with Gasteiger partial charge in [-0.15, -0.1) is 0 Å². The molecule has 2 N–H and O–H groups in total. The van der Waals surface area contributed by atoms with Crippen LogP contribution >= 0.6 is 0 Å². The lowest BCUT2D eigenvalue weighted by atomic mass is 10.1. The van der Waals surface area contributed by atoms with Crippen LogP contribution in [0.3, 0.4) is 0 Å². The molecule has 2 heterocycles. The number of pyridine rings is 1. The number of rotatable bonds is 3. The van der Waals surface area contributed by atoms with Gasteiger partial charge in [0.05, 0.1) is 0 Å². The molecule has 20 heavy (non-hydrogen) atoms. The Morgan fingerprint density at radius 1 is 1.10 bits per heavy atom. The molecule has 0 bridgehead atoms. The zero-order chi connectivity index (χ0) is 14.1. The highest BCUT2D eigenvalue weighted by Crippen LogP contribution is 2.34.